The minimum atomic E-state index is 0.534. The van der Waals surface area contributed by atoms with Crippen LogP contribution >= 0.6 is 11.8 Å². The van der Waals surface area contributed by atoms with Gasteiger partial charge in [0.05, 0.1) is 12.7 Å². The summed E-state index contributed by atoms with van der Waals surface area (Å²) >= 11 is 6.92. The highest BCUT2D eigenvalue weighted by atomic mass is 32.2. The van der Waals surface area contributed by atoms with Crippen LogP contribution < -0.4 is 4.57 Å². The van der Waals surface area contributed by atoms with Crippen molar-refractivity contribution in [2.75, 3.05) is 6.26 Å². The number of rotatable bonds is 2. The summed E-state index contributed by atoms with van der Waals surface area (Å²) < 4.78 is 5.52. The average molecular weight is 291 g/mol. The maximum atomic E-state index is 5.37. The van der Waals surface area contributed by atoms with E-state index in [1.165, 1.54) is 5.56 Å². The lowest BCUT2D eigenvalue weighted by Gasteiger charge is -2.04. The van der Waals surface area contributed by atoms with E-state index in [-0.39, 0.29) is 0 Å². The van der Waals surface area contributed by atoms with Crippen molar-refractivity contribution in [2.45, 2.75) is 17.2 Å². The Labute approximate surface area is 120 Å². The van der Waals surface area contributed by atoms with Gasteiger partial charge in [0, 0.05) is 0 Å². The van der Waals surface area contributed by atoms with Crippen molar-refractivity contribution in [3.63, 3.8) is 0 Å². The highest BCUT2D eigenvalue weighted by Gasteiger charge is 2.23. The van der Waals surface area contributed by atoms with Crippen molar-refractivity contribution in [2.24, 2.45) is 7.05 Å². The molecule has 0 radical (unpaired) electrons. The third-order valence-corrected chi connectivity index (χ3v) is 3.83. The molecule has 0 aliphatic rings. The summed E-state index contributed by atoms with van der Waals surface area (Å²) in [6.07, 6.45) is 1.97. The molecular weight excluding hydrogens is 278 g/mol. The van der Waals surface area contributed by atoms with E-state index in [4.69, 9.17) is 12.6 Å². The summed E-state index contributed by atoms with van der Waals surface area (Å²) in [4.78, 5) is 0. The third kappa shape index (κ3) is 1.89. The first-order chi connectivity index (χ1) is 9.11. The molecule has 2 aromatic heterocycles. The number of hydrogen-bond donors (Lipinski definition) is 0. The fraction of sp³-hybridized carbons (Fsp3) is 0.250. The fourth-order valence-electron chi connectivity index (χ4n) is 2.03. The summed E-state index contributed by atoms with van der Waals surface area (Å²) in [6.45, 7) is 2.06. The van der Waals surface area contributed by atoms with Gasteiger partial charge in [-0.15, -0.1) is 0 Å². The summed E-state index contributed by atoms with van der Waals surface area (Å²) in [5, 5.41) is 10.2. The van der Waals surface area contributed by atoms with Crippen molar-refractivity contribution in [1.29, 1.82) is 0 Å². The molecule has 0 unspecified atom stereocenters. The van der Waals surface area contributed by atoms with Gasteiger partial charge in [-0.25, -0.2) is 4.57 Å². The Balaban J connectivity index is 2.31. The van der Waals surface area contributed by atoms with Gasteiger partial charge in [0.25, 0.3) is 5.16 Å². The van der Waals surface area contributed by atoms with Gasteiger partial charge < -0.3 is 12.6 Å². The van der Waals surface area contributed by atoms with Crippen LogP contribution in [0.1, 0.15) is 5.56 Å². The maximum absolute atomic E-state index is 5.37. The maximum Gasteiger partial charge on any atom is 0.381 e. The smallest absolute Gasteiger partial charge is 0.381 e. The predicted octanol–water partition coefficient (Wildman–Crippen LogP) is 1.28. The molecule has 0 aliphatic heterocycles. The molecule has 3 rings (SSSR count). The number of aryl methyl sites for hydroxylation is 2. The Hall–Kier alpha value is -1.60. The van der Waals surface area contributed by atoms with Crippen molar-refractivity contribution >= 4 is 30.2 Å². The van der Waals surface area contributed by atoms with Crippen LogP contribution in [-0.4, -0.2) is 25.7 Å². The molecular formula is C12H13N5S2. The molecule has 1 aromatic carbocycles. The molecule has 19 heavy (non-hydrogen) atoms. The second kappa shape index (κ2) is 4.50. The zero-order chi connectivity index (χ0) is 13.6. The molecule has 3 aromatic rings. The molecule has 0 fully saturated rings. The van der Waals surface area contributed by atoms with Crippen LogP contribution in [0.4, 0.5) is 0 Å². The Bertz CT molecular complexity index is 742. The minimum absolute atomic E-state index is 0.534. The second-order valence-electron chi connectivity index (χ2n) is 4.28. The number of hydrogen-bond acceptors (Lipinski definition) is 4. The van der Waals surface area contributed by atoms with Gasteiger partial charge in [0.1, 0.15) is 5.16 Å². The van der Waals surface area contributed by atoms with Crippen molar-refractivity contribution in [3.8, 4) is 5.69 Å². The Morgan fingerprint density at radius 1 is 1.21 bits per heavy atom. The lowest BCUT2D eigenvalue weighted by Crippen LogP contribution is -2.34. The highest BCUT2D eigenvalue weighted by molar-refractivity contribution is 7.98. The SMILES string of the molecule is CSc1nn(C)c2n1nc([S-])[n+]2-c1ccc(C)cc1. The summed E-state index contributed by atoms with van der Waals surface area (Å²) in [6, 6.07) is 8.20. The van der Waals surface area contributed by atoms with E-state index in [1.807, 2.05) is 30.0 Å². The molecule has 7 heteroatoms. The van der Waals surface area contributed by atoms with Crippen LogP contribution in [0.15, 0.2) is 34.6 Å². The molecule has 5 nitrogen and oxygen atoms in total. The van der Waals surface area contributed by atoms with Crippen LogP contribution in [-0.2, 0) is 19.7 Å². The van der Waals surface area contributed by atoms with Gasteiger partial charge in [0.15, 0.2) is 0 Å². The minimum Gasteiger partial charge on any atom is -0.712 e. The molecule has 98 valence electrons. The fourth-order valence-corrected chi connectivity index (χ4v) is 2.80. The van der Waals surface area contributed by atoms with Crippen molar-refractivity contribution in [3.05, 3.63) is 29.8 Å². The van der Waals surface area contributed by atoms with Gasteiger partial charge in [-0.2, -0.15) is 4.68 Å². The molecule has 0 saturated heterocycles. The number of fused-ring (bicyclic) bond motifs is 1. The predicted molar refractivity (Wildman–Crippen MR) is 75.6 cm³/mol. The van der Waals surface area contributed by atoms with E-state index in [2.05, 4.69) is 29.3 Å². The monoisotopic (exact) mass is 291 g/mol. The Kier molecular flexibility index (Phi) is 2.94. The standard InChI is InChI=1S/C12H13N5S2/c1-8-4-6-9(7-5-8)16-10(18)13-17-11(19-3)14-15(2)12(16)17/h4-7H,1-3H3. The van der Waals surface area contributed by atoms with Crippen LogP contribution in [0.3, 0.4) is 0 Å². The van der Waals surface area contributed by atoms with Crippen LogP contribution in [0, 0.1) is 6.92 Å². The summed E-state index contributed by atoms with van der Waals surface area (Å²) in [5.41, 5.74) is 2.22. The molecule has 0 spiro atoms. The van der Waals surface area contributed by atoms with E-state index >= 15 is 0 Å². The van der Waals surface area contributed by atoms with Gasteiger partial charge in [-0.3, -0.25) is 0 Å². The molecule has 0 amide bonds. The first-order valence-electron chi connectivity index (χ1n) is 5.77. The van der Waals surface area contributed by atoms with E-state index < -0.39 is 0 Å². The largest absolute Gasteiger partial charge is 0.712 e. The zero-order valence-electron chi connectivity index (χ0n) is 10.9. The molecule has 2 heterocycles. The number of benzene rings is 1. The topological polar surface area (TPSA) is 39.0 Å². The van der Waals surface area contributed by atoms with E-state index in [9.17, 15) is 0 Å². The van der Waals surface area contributed by atoms with Gasteiger partial charge >= 0.3 is 5.78 Å². The quantitative estimate of drug-likeness (QED) is 0.405. The molecule has 0 aliphatic carbocycles. The normalized spacial score (nSPS) is 11.3. The van der Waals surface area contributed by atoms with E-state index in [0.717, 1.165) is 16.6 Å². The average Bonchev–Trinajstić information content (AvgIpc) is 2.88. The van der Waals surface area contributed by atoms with Crippen molar-refractivity contribution < 1.29 is 4.57 Å². The van der Waals surface area contributed by atoms with Crippen LogP contribution in [0.2, 0.25) is 0 Å². The van der Waals surface area contributed by atoms with Gasteiger partial charge in [-0.1, -0.05) is 39.1 Å². The summed E-state index contributed by atoms with van der Waals surface area (Å²) in [7, 11) is 1.90. The number of aromatic nitrogens is 5. The first kappa shape index (κ1) is 12.4. The van der Waals surface area contributed by atoms with E-state index in [0.29, 0.717) is 5.16 Å². The van der Waals surface area contributed by atoms with E-state index in [1.54, 1.807) is 21.0 Å². The van der Waals surface area contributed by atoms with Crippen LogP contribution in [0.25, 0.3) is 11.5 Å². The molecule has 0 N–H and O–H groups in total. The Morgan fingerprint density at radius 2 is 1.89 bits per heavy atom. The second-order valence-corrected chi connectivity index (χ2v) is 5.41. The first-order valence-corrected chi connectivity index (χ1v) is 7.41. The van der Waals surface area contributed by atoms with Crippen molar-refractivity contribution in [1.82, 2.24) is 19.4 Å². The Morgan fingerprint density at radius 3 is 2.53 bits per heavy atom. The number of thioether (sulfide) groups is 1. The third-order valence-electron chi connectivity index (χ3n) is 2.95. The highest BCUT2D eigenvalue weighted by Crippen LogP contribution is 2.14. The number of nitrogens with zero attached hydrogens (tertiary/aromatic N) is 5. The summed E-state index contributed by atoms with van der Waals surface area (Å²) in [5.74, 6) is 0.859. The molecule has 0 saturated carbocycles. The molecule has 0 atom stereocenters. The lowest BCUT2D eigenvalue weighted by atomic mass is 10.2. The molecule has 0 bridgehead atoms. The van der Waals surface area contributed by atoms with Crippen LogP contribution in [0.5, 0.6) is 0 Å². The zero-order valence-corrected chi connectivity index (χ0v) is 12.5. The lowest BCUT2D eigenvalue weighted by molar-refractivity contribution is -0.613. The van der Waals surface area contributed by atoms with Gasteiger partial charge in [0.2, 0.25) is 0 Å². The van der Waals surface area contributed by atoms with Gasteiger partial charge in [-0.05, 0) is 30.4 Å².